The van der Waals surface area contributed by atoms with Crippen LogP contribution in [0.2, 0.25) is 5.02 Å². The second-order valence-corrected chi connectivity index (χ2v) is 7.53. The lowest BCUT2D eigenvalue weighted by atomic mass is 9.99. The van der Waals surface area contributed by atoms with Crippen molar-refractivity contribution in [2.75, 3.05) is 13.1 Å². The molecule has 0 unspecified atom stereocenters. The van der Waals surface area contributed by atoms with Crippen LogP contribution in [-0.2, 0) is 6.54 Å². The van der Waals surface area contributed by atoms with E-state index in [1.54, 1.807) is 11.3 Å². The Balaban J connectivity index is 1.41. The molecule has 0 fully saturated rings. The van der Waals surface area contributed by atoms with E-state index in [4.69, 9.17) is 16.6 Å². The molecule has 25 heavy (non-hydrogen) atoms. The topological polar surface area (TPSA) is 16.1 Å². The summed E-state index contributed by atoms with van der Waals surface area (Å²) in [6.45, 7) is 2.97. The van der Waals surface area contributed by atoms with Gasteiger partial charge in [-0.25, -0.2) is 4.98 Å². The summed E-state index contributed by atoms with van der Waals surface area (Å²) in [4.78, 5) is 7.25. The molecule has 1 aliphatic heterocycles. The second-order valence-electron chi connectivity index (χ2n) is 6.23. The second kappa shape index (κ2) is 7.52. The average molecular weight is 367 g/mol. The van der Waals surface area contributed by atoms with Crippen molar-refractivity contribution in [3.8, 4) is 10.6 Å². The van der Waals surface area contributed by atoms with Crippen molar-refractivity contribution in [2.24, 2.45) is 0 Å². The Bertz CT molecular complexity index is 868. The summed E-state index contributed by atoms with van der Waals surface area (Å²) < 4.78 is 0. The lowest BCUT2D eigenvalue weighted by Crippen LogP contribution is -2.28. The van der Waals surface area contributed by atoms with Crippen LogP contribution < -0.4 is 0 Å². The van der Waals surface area contributed by atoms with Gasteiger partial charge in [-0.3, -0.25) is 4.90 Å². The monoisotopic (exact) mass is 366 g/mol. The first-order chi connectivity index (χ1) is 12.3. The van der Waals surface area contributed by atoms with Crippen LogP contribution in [0.25, 0.3) is 16.1 Å². The van der Waals surface area contributed by atoms with Gasteiger partial charge in [-0.05, 0) is 29.7 Å². The fourth-order valence-electron chi connectivity index (χ4n) is 3.10. The first kappa shape index (κ1) is 16.5. The maximum atomic E-state index is 5.96. The minimum Gasteiger partial charge on any atom is -0.293 e. The normalized spacial score (nSPS) is 15.2. The van der Waals surface area contributed by atoms with E-state index in [0.29, 0.717) is 0 Å². The van der Waals surface area contributed by atoms with Gasteiger partial charge in [0.1, 0.15) is 5.01 Å². The Morgan fingerprint density at radius 2 is 1.80 bits per heavy atom. The highest BCUT2D eigenvalue weighted by Gasteiger charge is 2.14. The molecule has 3 aromatic rings. The third-order valence-corrected chi connectivity index (χ3v) is 5.66. The van der Waals surface area contributed by atoms with Crippen molar-refractivity contribution in [1.82, 2.24) is 9.88 Å². The molecule has 0 atom stereocenters. The Morgan fingerprint density at radius 3 is 2.52 bits per heavy atom. The fourth-order valence-corrected chi connectivity index (χ4v) is 4.05. The van der Waals surface area contributed by atoms with Gasteiger partial charge in [0.2, 0.25) is 0 Å². The third kappa shape index (κ3) is 4.01. The number of nitrogens with zero attached hydrogens (tertiary/aromatic N) is 2. The van der Waals surface area contributed by atoms with Crippen LogP contribution in [0.3, 0.4) is 0 Å². The Kier molecular flexibility index (Phi) is 4.97. The number of rotatable bonds is 4. The van der Waals surface area contributed by atoms with Gasteiger partial charge in [0.15, 0.2) is 0 Å². The minimum atomic E-state index is 0.759. The molecule has 0 aliphatic carbocycles. The van der Waals surface area contributed by atoms with Crippen LogP contribution >= 0.6 is 22.9 Å². The summed E-state index contributed by atoms with van der Waals surface area (Å²) in [5.74, 6) is 0. The number of aromatic nitrogens is 1. The standard InChI is InChI=1S/C21H19ClN2S/c22-19-8-6-18(7-9-19)21-23-20(15-25-21)14-24-12-10-17(11-13-24)16-4-2-1-3-5-16/h1-10,15H,11-14H2. The maximum Gasteiger partial charge on any atom is 0.123 e. The number of thiazole rings is 1. The summed E-state index contributed by atoms with van der Waals surface area (Å²) in [7, 11) is 0. The summed E-state index contributed by atoms with van der Waals surface area (Å²) in [6, 6.07) is 18.6. The zero-order chi connectivity index (χ0) is 17.1. The first-order valence-electron chi connectivity index (χ1n) is 8.45. The molecule has 2 nitrogen and oxygen atoms in total. The van der Waals surface area contributed by atoms with Crippen molar-refractivity contribution in [2.45, 2.75) is 13.0 Å². The molecule has 0 saturated carbocycles. The molecule has 4 rings (SSSR count). The van der Waals surface area contributed by atoms with Crippen LogP contribution in [0.4, 0.5) is 0 Å². The van der Waals surface area contributed by atoms with Crippen molar-refractivity contribution in [3.63, 3.8) is 0 Å². The van der Waals surface area contributed by atoms with Crippen molar-refractivity contribution in [3.05, 3.63) is 82.3 Å². The van der Waals surface area contributed by atoms with Gasteiger partial charge in [0.05, 0.1) is 5.69 Å². The summed E-state index contributed by atoms with van der Waals surface area (Å²) in [5, 5.41) is 3.99. The molecule has 0 radical (unpaired) electrons. The lowest BCUT2D eigenvalue weighted by Gasteiger charge is -2.25. The highest BCUT2D eigenvalue weighted by Crippen LogP contribution is 2.27. The molecular formula is C21H19ClN2S. The number of benzene rings is 2. The molecule has 0 bridgehead atoms. The summed E-state index contributed by atoms with van der Waals surface area (Å²) >= 11 is 7.66. The SMILES string of the molecule is Clc1ccc(-c2nc(CN3CC=C(c4ccccc4)CC3)cs2)cc1. The van der Waals surface area contributed by atoms with Crippen molar-refractivity contribution < 1.29 is 0 Å². The first-order valence-corrected chi connectivity index (χ1v) is 9.71. The predicted molar refractivity (Wildman–Crippen MR) is 107 cm³/mol. The zero-order valence-corrected chi connectivity index (χ0v) is 15.4. The minimum absolute atomic E-state index is 0.759. The van der Waals surface area contributed by atoms with E-state index in [1.807, 2.05) is 24.3 Å². The quantitative estimate of drug-likeness (QED) is 0.584. The van der Waals surface area contributed by atoms with Crippen LogP contribution in [0, 0.1) is 0 Å². The Labute approximate surface area is 157 Å². The van der Waals surface area contributed by atoms with Gasteiger partial charge in [-0.2, -0.15) is 0 Å². The van der Waals surface area contributed by atoms with E-state index in [2.05, 4.69) is 46.7 Å². The molecule has 126 valence electrons. The molecule has 2 heterocycles. The van der Waals surface area contributed by atoms with Crippen molar-refractivity contribution >= 4 is 28.5 Å². The van der Waals surface area contributed by atoms with E-state index >= 15 is 0 Å². The van der Waals surface area contributed by atoms with E-state index in [1.165, 1.54) is 11.1 Å². The lowest BCUT2D eigenvalue weighted by molar-refractivity contribution is 0.291. The van der Waals surface area contributed by atoms with E-state index in [9.17, 15) is 0 Å². The molecule has 0 spiro atoms. The number of halogens is 1. The largest absolute Gasteiger partial charge is 0.293 e. The van der Waals surface area contributed by atoms with Crippen LogP contribution in [0.5, 0.6) is 0 Å². The number of hydrogen-bond donors (Lipinski definition) is 0. The zero-order valence-electron chi connectivity index (χ0n) is 13.9. The van der Waals surface area contributed by atoms with E-state index in [-0.39, 0.29) is 0 Å². The average Bonchev–Trinajstić information content (AvgIpc) is 3.12. The molecule has 0 saturated heterocycles. The van der Waals surface area contributed by atoms with Crippen LogP contribution in [0.1, 0.15) is 17.7 Å². The molecule has 1 aromatic heterocycles. The molecule has 2 aromatic carbocycles. The molecular weight excluding hydrogens is 348 g/mol. The molecule has 1 aliphatic rings. The molecule has 0 N–H and O–H groups in total. The number of hydrogen-bond acceptors (Lipinski definition) is 3. The van der Waals surface area contributed by atoms with Gasteiger partial charge in [-0.15, -0.1) is 11.3 Å². The van der Waals surface area contributed by atoms with Gasteiger partial charge in [0, 0.05) is 35.6 Å². The molecule has 0 amide bonds. The molecule has 4 heteroatoms. The van der Waals surface area contributed by atoms with Gasteiger partial charge in [0.25, 0.3) is 0 Å². The summed E-state index contributed by atoms with van der Waals surface area (Å²) in [6.07, 6.45) is 3.45. The van der Waals surface area contributed by atoms with Gasteiger partial charge < -0.3 is 0 Å². The fraction of sp³-hybridized carbons (Fsp3) is 0.190. The van der Waals surface area contributed by atoms with Crippen LogP contribution in [0.15, 0.2) is 66.1 Å². The van der Waals surface area contributed by atoms with Gasteiger partial charge in [-0.1, -0.05) is 60.1 Å². The van der Waals surface area contributed by atoms with E-state index < -0.39 is 0 Å². The maximum absolute atomic E-state index is 5.96. The van der Waals surface area contributed by atoms with Gasteiger partial charge >= 0.3 is 0 Å². The highest BCUT2D eigenvalue weighted by atomic mass is 35.5. The Hall–Kier alpha value is -1.94. The van der Waals surface area contributed by atoms with Crippen LogP contribution in [-0.4, -0.2) is 23.0 Å². The Morgan fingerprint density at radius 1 is 1.00 bits per heavy atom. The predicted octanol–water partition coefficient (Wildman–Crippen LogP) is 5.75. The highest BCUT2D eigenvalue weighted by molar-refractivity contribution is 7.13. The van der Waals surface area contributed by atoms with E-state index in [0.717, 1.165) is 47.3 Å². The van der Waals surface area contributed by atoms with Crippen molar-refractivity contribution in [1.29, 1.82) is 0 Å². The third-order valence-electron chi connectivity index (χ3n) is 4.47. The smallest absolute Gasteiger partial charge is 0.123 e. The summed E-state index contributed by atoms with van der Waals surface area (Å²) in [5.41, 5.74) is 5.08.